The van der Waals surface area contributed by atoms with Gasteiger partial charge in [-0.05, 0) is 46.7 Å². The third-order valence-corrected chi connectivity index (χ3v) is 4.08. The van der Waals surface area contributed by atoms with Crippen LogP contribution in [-0.4, -0.2) is 54.2 Å². The number of aromatic nitrogens is 4. The van der Waals surface area contributed by atoms with E-state index < -0.39 is 0 Å². The van der Waals surface area contributed by atoms with Crippen molar-refractivity contribution in [1.82, 2.24) is 20.6 Å². The van der Waals surface area contributed by atoms with E-state index in [2.05, 4.69) is 20.6 Å². The average Bonchev–Trinajstić information content (AvgIpc) is 3.25. The second-order valence-electron chi connectivity index (χ2n) is 5.64. The van der Waals surface area contributed by atoms with Gasteiger partial charge >= 0.3 is 0 Å². The fourth-order valence-electron chi connectivity index (χ4n) is 2.75. The summed E-state index contributed by atoms with van der Waals surface area (Å²) in [5.41, 5.74) is 2.07. The SMILES string of the molecule is COc1ccc(/C=C(/c2cc(OC)c(OC)c(OC)c2)c2nn[nH]n2)cc1O. The summed E-state index contributed by atoms with van der Waals surface area (Å²) in [4.78, 5) is 0. The highest BCUT2D eigenvalue weighted by Crippen LogP contribution is 2.41. The summed E-state index contributed by atoms with van der Waals surface area (Å²) in [6, 6.07) is 8.62. The van der Waals surface area contributed by atoms with Crippen molar-refractivity contribution in [3.05, 3.63) is 47.3 Å². The Morgan fingerprint density at radius 2 is 1.61 bits per heavy atom. The second kappa shape index (κ2) is 8.30. The molecule has 0 aliphatic rings. The number of aromatic amines is 1. The van der Waals surface area contributed by atoms with E-state index in [-0.39, 0.29) is 5.75 Å². The zero-order valence-electron chi connectivity index (χ0n) is 15.9. The predicted molar refractivity (Wildman–Crippen MR) is 102 cm³/mol. The minimum atomic E-state index is 0.0219. The van der Waals surface area contributed by atoms with E-state index in [1.807, 2.05) is 6.08 Å². The molecule has 3 aromatic rings. The van der Waals surface area contributed by atoms with Gasteiger partial charge in [-0.25, -0.2) is 0 Å². The average molecular weight is 384 g/mol. The van der Waals surface area contributed by atoms with Crippen LogP contribution in [0.3, 0.4) is 0 Å². The fourth-order valence-corrected chi connectivity index (χ4v) is 2.75. The van der Waals surface area contributed by atoms with Crippen molar-refractivity contribution in [1.29, 1.82) is 0 Å². The van der Waals surface area contributed by atoms with Gasteiger partial charge in [0.25, 0.3) is 0 Å². The number of rotatable bonds is 7. The van der Waals surface area contributed by atoms with Gasteiger partial charge < -0.3 is 24.1 Å². The van der Waals surface area contributed by atoms with Gasteiger partial charge in [-0.2, -0.15) is 5.21 Å². The quantitative estimate of drug-likeness (QED) is 0.598. The minimum Gasteiger partial charge on any atom is -0.504 e. The lowest BCUT2D eigenvalue weighted by molar-refractivity contribution is 0.324. The van der Waals surface area contributed by atoms with Crippen molar-refractivity contribution in [2.75, 3.05) is 28.4 Å². The van der Waals surface area contributed by atoms with E-state index >= 15 is 0 Å². The second-order valence-corrected chi connectivity index (χ2v) is 5.64. The molecule has 0 spiro atoms. The van der Waals surface area contributed by atoms with Gasteiger partial charge in [0.05, 0.1) is 28.4 Å². The molecule has 2 N–H and O–H groups in total. The highest BCUT2D eigenvalue weighted by molar-refractivity contribution is 5.90. The molecule has 0 amide bonds. The van der Waals surface area contributed by atoms with Crippen LogP contribution in [-0.2, 0) is 0 Å². The van der Waals surface area contributed by atoms with Crippen LogP contribution in [0.1, 0.15) is 17.0 Å². The third kappa shape index (κ3) is 3.68. The Hall–Kier alpha value is -3.75. The molecule has 0 fully saturated rings. The number of nitrogens with zero attached hydrogens (tertiary/aromatic N) is 3. The van der Waals surface area contributed by atoms with Gasteiger partial charge in [0.2, 0.25) is 11.6 Å². The Labute approximate surface area is 161 Å². The largest absolute Gasteiger partial charge is 0.504 e. The fraction of sp³-hybridized carbons (Fsp3) is 0.211. The van der Waals surface area contributed by atoms with Crippen LogP contribution >= 0.6 is 0 Å². The molecule has 9 nitrogen and oxygen atoms in total. The number of phenolic OH excluding ortho intramolecular Hbond substituents is 1. The van der Waals surface area contributed by atoms with Crippen molar-refractivity contribution in [3.63, 3.8) is 0 Å². The van der Waals surface area contributed by atoms with Gasteiger partial charge in [-0.1, -0.05) is 6.07 Å². The Bertz CT molecular complexity index is 961. The summed E-state index contributed by atoms with van der Waals surface area (Å²) >= 11 is 0. The smallest absolute Gasteiger partial charge is 0.205 e. The Morgan fingerprint density at radius 3 is 2.11 bits per heavy atom. The lowest BCUT2D eigenvalue weighted by Gasteiger charge is -2.15. The maximum Gasteiger partial charge on any atom is 0.205 e. The van der Waals surface area contributed by atoms with Crippen LogP contribution in [0.4, 0.5) is 0 Å². The lowest BCUT2D eigenvalue weighted by Crippen LogP contribution is -1.98. The number of methoxy groups -OCH3 is 4. The molecule has 1 heterocycles. The van der Waals surface area contributed by atoms with E-state index in [0.717, 1.165) is 0 Å². The Morgan fingerprint density at radius 1 is 0.929 bits per heavy atom. The minimum absolute atomic E-state index is 0.0219. The topological polar surface area (TPSA) is 112 Å². The first-order chi connectivity index (χ1) is 13.6. The maximum absolute atomic E-state index is 10.1. The molecule has 9 heteroatoms. The molecule has 0 bridgehead atoms. The number of aromatic hydroxyl groups is 1. The predicted octanol–water partition coefficient (Wildman–Crippen LogP) is 2.53. The molecular weight excluding hydrogens is 364 g/mol. The highest BCUT2D eigenvalue weighted by Gasteiger charge is 2.18. The summed E-state index contributed by atoms with van der Waals surface area (Å²) in [6.45, 7) is 0. The van der Waals surface area contributed by atoms with Gasteiger partial charge in [-0.15, -0.1) is 10.2 Å². The molecule has 2 aromatic carbocycles. The van der Waals surface area contributed by atoms with Crippen LogP contribution in [0.5, 0.6) is 28.7 Å². The molecule has 0 saturated carbocycles. The summed E-state index contributed by atoms with van der Waals surface area (Å²) in [7, 11) is 6.11. The van der Waals surface area contributed by atoms with Crippen molar-refractivity contribution >= 4 is 11.6 Å². The molecular formula is C19H20N4O5. The van der Waals surface area contributed by atoms with E-state index in [4.69, 9.17) is 18.9 Å². The monoisotopic (exact) mass is 384 g/mol. The third-order valence-electron chi connectivity index (χ3n) is 4.08. The number of H-pyrrole nitrogens is 1. The molecule has 146 valence electrons. The van der Waals surface area contributed by atoms with Crippen molar-refractivity contribution in [2.45, 2.75) is 0 Å². The molecule has 0 saturated heterocycles. The van der Waals surface area contributed by atoms with Crippen molar-refractivity contribution in [2.24, 2.45) is 0 Å². The number of phenols is 1. The molecule has 0 aliphatic carbocycles. The molecule has 3 rings (SSSR count). The number of tetrazole rings is 1. The first-order valence-electron chi connectivity index (χ1n) is 8.24. The van der Waals surface area contributed by atoms with E-state index in [0.29, 0.717) is 45.5 Å². The zero-order chi connectivity index (χ0) is 20.1. The molecule has 0 radical (unpaired) electrons. The van der Waals surface area contributed by atoms with Gasteiger partial charge in [0, 0.05) is 5.57 Å². The van der Waals surface area contributed by atoms with E-state index in [1.54, 1.807) is 44.6 Å². The summed E-state index contributed by atoms with van der Waals surface area (Å²) in [6.07, 6.45) is 1.81. The van der Waals surface area contributed by atoms with Crippen LogP contribution in [0.2, 0.25) is 0 Å². The molecule has 0 atom stereocenters. The maximum atomic E-state index is 10.1. The number of ether oxygens (including phenoxy) is 4. The standard InChI is InChI=1S/C19H20N4O5/c1-25-15-6-5-11(8-14(15)24)7-13(19-20-22-23-21-19)12-9-16(26-2)18(28-4)17(10-12)27-3/h5-10,24H,1-4H3,(H,20,21,22,23)/b13-7-. The number of benzene rings is 2. The van der Waals surface area contributed by atoms with Crippen molar-refractivity contribution < 1.29 is 24.1 Å². The summed E-state index contributed by atoms with van der Waals surface area (Å²) < 4.78 is 21.3. The molecule has 0 unspecified atom stereocenters. The number of hydrogen-bond donors (Lipinski definition) is 2. The van der Waals surface area contributed by atoms with Crippen LogP contribution in [0, 0.1) is 0 Å². The van der Waals surface area contributed by atoms with Crippen LogP contribution in [0.15, 0.2) is 30.3 Å². The number of hydrogen-bond acceptors (Lipinski definition) is 8. The lowest BCUT2D eigenvalue weighted by atomic mass is 10.0. The molecule has 0 aliphatic heterocycles. The molecule has 28 heavy (non-hydrogen) atoms. The van der Waals surface area contributed by atoms with Crippen LogP contribution in [0.25, 0.3) is 11.6 Å². The van der Waals surface area contributed by atoms with E-state index in [1.165, 1.54) is 14.2 Å². The van der Waals surface area contributed by atoms with Crippen molar-refractivity contribution in [3.8, 4) is 28.7 Å². The van der Waals surface area contributed by atoms with Crippen LogP contribution < -0.4 is 18.9 Å². The summed E-state index contributed by atoms with van der Waals surface area (Å²) in [5.74, 6) is 2.22. The number of nitrogens with one attached hydrogen (secondary N) is 1. The molecule has 1 aromatic heterocycles. The first-order valence-corrected chi connectivity index (χ1v) is 8.24. The Balaban J connectivity index is 2.18. The highest BCUT2D eigenvalue weighted by atomic mass is 16.5. The summed E-state index contributed by atoms with van der Waals surface area (Å²) in [5, 5.41) is 24.3. The van der Waals surface area contributed by atoms with E-state index in [9.17, 15) is 5.11 Å². The first kappa shape index (κ1) is 19.0. The van der Waals surface area contributed by atoms with Gasteiger partial charge in [0.1, 0.15) is 0 Å². The van der Waals surface area contributed by atoms with Gasteiger partial charge in [0.15, 0.2) is 23.0 Å². The Kier molecular flexibility index (Phi) is 5.64. The zero-order valence-corrected chi connectivity index (χ0v) is 15.9. The normalized spacial score (nSPS) is 11.2. The van der Waals surface area contributed by atoms with Gasteiger partial charge in [-0.3, -0.25) is 0 Å².